The summed E-state index contributed by atoms with van der Waals surface area (Å²) >= 11 is 0. The van der Waals surface area contributed by atoms with Crippen molar-refractivity contribution in [3.8, 4) is 0 Å². The molecular weight excluding hydrogens is 244 g/mol. The van der Waals surface area contributed by atoms with Gasteiger partial charge in [0.15, 0.2) is 0 Å². The third-order valence-corrected chi connectivity index (χ3v) is 4.23. The molecule has 1 aliphatic carbocycles. The molecule has 1 heterocycles. The predicted molar refractivity (Wildman–Crippen MR) is 82.6 cm³/mol. The highest BCUT2D eigenvalue weighted by Crippen LogP contribution is 2.28. The monoisotopic (exact) mass is 266 g/mol. The van der Waals surface area contributed by atoms with Crippen LogP contribution in [0.3, 0.4) is 0 Å². The van der Waals surface area contributed by atoms with E-state index in [1.165, 1.54) is 41.6 Å². The first-order valence-corrected chi connectivity index (χ1v) is 7.62. The van der Waals surface area contributed by atoms with Crippen LogP contribution in [0, 0.1) is 0 Å². The molecule has 0 spiro atoms. The van der Waals surface area contributed by atoms with Crippen molar-refractivity contribution >= 4 is 0 Å². The Morgan fingerprint density at radius 3 is 2.85 bits per heavy atom. The van der Waals surface area contributed by atoms with Crippen LogP contribution >= 0.6 is 0 Å². The van der Waals surface area contributed by atoms with Crippen molar-refractivity contribution < 1.29 is 0 Å². The van der Waals surface area contributed by atoms with Crippen molar-refractivity contribution in [3.63, 3.8) is 0 Å². The summed E-state index contributed by atoms with van der Waals surface area (Å²) in [5.41, 5.74) is 5.53. The lowest BCUT2D eigenvalue weighted by atomic mass is 9.91. The highest BCUT2D eigenvalue weighted by Gasteiger charge is 2.20. The minimum Gasteiger partial charge on any atom is -0.304 e. The van der Waals surface area contributed by atoms with E-state index in [2.05, 4.69) is 47.6 Å². The van der Waals surface area contributed by atoms with Gasteiger partial charge in [0.05, 0.1) is 11.7 Å². The van der Waals surface area contributed by atoms with E-state index in [-0.39, 0.29) is 0 Å². The molecule has 0 bridgehead atoms. The Labute approximate surface area is 121 Å². The number of pyridine rings is 1. The highest BCUT2D eigenvalue weighted by atomic mass is 14.9. The van der Waals surface area contributed by atoms with E-state index in [0.717, 1.165) is 13.0 Å². The molecule has 1 aromatic carbocycles. The van der Waals surface area contributed by atoms with Gasteiger partial charge in [-0.25, -0.2) is 0 Å². The van der Waals surface area contributed by atoms with Crippen molar-refractivity contribution in [2.24, 2.45) is 0 Å². The molecule has 1 atom stereocenters. The Balaban J connectivity index is 1.73. The van der Waals surface area contributed by atoms with Gasteiger partial charge in [-0.15, -0.1) is 0 Å². The molecule has 1 aromatic heterocycles. The molecule has 0 aliphatic heterocycles. The number of aromatic nitrogens is 1. The third-order valence-electron chi connectivity index (χ3n) is 4.23. The molecule has 0 saturated heterocycles. The second-order valence-corrected chi connectivity index (χ2v) is 5.50. The van der Waals surface area contributed by atoms with Crippen LogP contribution in [-0.2, 0) is 19.4 Å². The molecule has 0 amide bonds. The number of fused-ring (bicyclic) bond motifs is 1. The summed E-state index contributed by atoms with van der Waals surface area (Å²) in [6, 6.07) is 13.4. The first kappa shape index (κ1) is 13.3. The fraction of sp³-hybridized carbons (Fsp3) is 0.389. The van der Waals surface area contributed by atoms with Crippen molar-refractivity contribution in [1.29, 1.82) is 0 Å². The summed E-state index contributed by atoms with van der Waals surface area (Å²) in [5.74, 6) is 0. The van der Waals surface area contributed by atoms with Crippen LogP contribution in [0.2, 0.25) is 0 Å². The van der Waals surface area contributed by atoms with Crippen LogP contribution in [0.1, 0.15) is 48.2 Å². The van der Waals surface area contributed by atoms with Crippen LogP contribution in [0.15, 0.2) is 42.6 Å². The average Bonchev–Trinajstić information content (AvgIpc) is 2.53. The van der Waals surface area contributed by atoms with Gasteiger partial charge in [-0.05, 0) is 48.4 Å². The molecule has 2 aromatic rings. The van der Waals surface area contributed by atoms with Crippen LogP contribution in [0.5, 0.6) is 0 Å². The van der Waals surface area contributed by atoms with Crippen molar-refractivity contribution in [2.75, 3.05) is 0 Å². The zero-order valence-corrected chi connectivity index (χ0v) is 12.1. The van der Waals surface area contributed by atoms with E-state index >= 15 is 0 Å². The molecule has 1 N–H and O–H groups in total. The van der Waals surface area contributed by atoms with Gasteiger partial charge >= 0.3 is 0 Å². The van der Waals surface area contributed by atoms with Gasteiger partial charge in [0, 0.05) is 12.7 Å². The number of nitrogens with zero attached hydrogens (tertiary/aromatic N) is 1. The SMILES string of the molecule is CCc1ccccc1CNC1CCCc2cccnc21. The lowest BCUT2D eigenvalue weighted by Crippen LogP contribution is -2.26. The topological polar surface area (TPSA) is 24.9 Å². The second-order valence-electron chi connectivity index (χ2n) is 5.50. The van der Waals surface area contributed by atoms with E-state index in [1.807, 2.05) is 12.3 Å². The quantitative estimate of drug-likeness (QED) is 0.910. The number of hydrogen-bond donors (Lipinski definition) is 1. The van der Waals surface area contributed by atoms with Crippen LogP contribution in [0.25, 0.3) is 0 Å². The molecule has 0 radical (unpaired) electrons. The summed E-state index contributed by atoms with van der Waals surface area (Å²) in [4.78, 5) is 4.59. The fourth-order valence-electron chi connectivity index (χ4n) is 3.12. The molecule has 2 nitrogen and oxygen atoms in total. The van der Waals surface area contributed by atoms with E-state index in [4.69, 9.17) is 0 Å². The van der Waals surface area contributed by atoms with Gasteiger partial charge in [0.25, 0.3) is 0 Å². The minimum atomic E-state index is 0.407. The molecule has 20 heavy (non-hydrogen) atoms. The van der Waals surface area contributed by atoms with Crippen LogP contribution in [-0.4, -0.2) is 4.98 Å². The first-order valence-electron chi connectivity index (χ1n) is 7.62. The molecule has 2 heteroatoms. The molecule has 3 rings (SSSR count). The lowest BCUT2D eigenvalue weighted by Gasteiger charge is -2.25. The number of nitrogens with one attached hydrogen (secondary N) is 1. The molecule has 0 fully saturated rings. The summed E-state index contributed by atoms with van der Waals surface area (Å²) in [7, 11) is 0. The van der Waals surface area contributed by atoms with Crippen molar-refractivity contribution in [1.82, 2.24) is 10.3 Å². The average molecular weight is 266 g/mol. The van der Waals surface area contributed by atoms with Crippen LogP contribution in [0.4, 0.5) is 0 Å². The van der Waals surface area contributed by atoms with Gasteiger partial charge in [0.2, 0.25) is 0 Å². The number of hydrogen-bond acceptors (Lipinski definition) is 2. The summed E-state index contributed by atoms with van der Waals surface area (Å²) < 4.78 is 0. The van der Waals surface area contributed by atoms with Gasteiger partial charge in [-0.1, -0.05) is 37.3 Å². The zero-order chi connectivity index (χ0) is 13.8. The second kappa shape index (κ2) is 6.19. The lowest BCUT2D eigenvalue weighted by molar-refractivity contribution is 0.447. The van der Waals surface area contributed by atoms with Crippen molar-refractivity contribution in [2.45, 2.75) is 45.2 Å². The van der Waals surface area contributed by atoms with Gasteiger partial charge in [-0.2, -0.15) is 0 Å². The first-order chi connectivity index (χ1) is 9.88. The van der Waals surface area contributed by atoms with Crippen LogP contribution < -0.4 is 5.32 Å². The maximum Gasteiger partial charge on any atom is 0.0605 e. The molecular formula is C18H22N2. The third kappa shape index (κ3) is 2.75. The Morgan fingerprint density at radius 1 is 1.15 bits per heavy atom. The van der Waals surface area contributed by atoms with E-state index in [1.54, 1.807) is 0 Å². The largest absolute Gasteiger partial charge is 0.304 e. The summed E-state index contributed by atoms with van der Waals surface area (Å²) in [6.45, 7) is 3.15. The summed E-state index contributed by atoms with van der Waals surface area (Å²) in [5, 5.41) is 3.71. The summed E-state index contributed by atoms with van der Waals surface area (Å²) in [6.07, 6.45) is 6.63. The standard InChI is InChI=1S/C18H22N2/c1-2-14-7-3-4-8-16(14)13-20-17-11-5-9-15-10-6-12-19-18(15)17/h3-4,6-8,10,12,17,20H,2,5,9,11,13H2,1H3. The Bertz CT molecular complexity index is 577. The number of benzene rings is 1. The van der Waals surface area contributed by atoms with Gasteiger partial charge < -0.3 is 5.32 Å². The van der Waals surface area contributed by atoms with Crippen molar-refractivity contribution in [3.05, 3.63) is 65.0 Å². The molecule has 1 unspecified atom stereocenters. The smallest absolute Gasteiger partial charge is 0.0605 e. The Kier molecular flexibility index (Phi) is 4.12. The Morgan fingerprint density at radius 2 is 2.00 bits per heavy atom. The number of rotatable bonds is 4. The highest BCUT2D eigenvalue weighted by molar-refractivity contribution is 5.28. The maximum absolute atomic E-state index is 4.59. The van der Waals surface area contributed by atoms with Gasteiger partial charge in [0.1, 0.15) is 0 Å². The molecule has 0 saturated carbocycles. The molecule has 1 aliphatic rings. The fourth-order valence-corrected chi connectivity index (χ4v) is 3.12. The van der Waals surface area contributed by atoms with E-state index < -0.39 is 0 Å². The molecule has 104 valence electrons. The maximum atomic E-state index is 4.59. The minimum absolute atomic E-state index is 0.407. The van der Waals surface area contributed by atoms with E-state index in [0.29, 0.717) is 6.04 Å². The predicted octanol–water partition coefficient (Wildman–Crippen LogP) is 3.81. The van der Waals surface area contributed by atoms with E-state index in [9.17, 15) is 0 Å². The normalized spacial score (nSPS) is 17.8. The van der Waals surface area contributed by atoms with Gasteiger partial charge in [-0.3, -0.25) is 4.98 Å². The zero-order valence-electron chi connectivity index (χ0n) is 12.1. The Hall–Kier alpha value is -1.67. The number of aryl methyl sites for hydroxylation is 2.